The molecule has 1 amide bonds. The predicted molar refractivity (Wildman–Crippen MR) is 136 cm³/mol. The number of methoxy groups -OCH3 is 1. The molecule has 2 aliphatic rings. The highest BCUT2D eigenvalue weighted by Gasteiger charge is 2.49. The number of aliphatic hydroxyl groups excluding tert-OH is 1. The summed E-state index contributed by atoms with van der Waals surface area (Å²) >= 11 is 0. The van der Waals surface area contributed by atoms with E-state index < -0.39 is 29.5 Å². The van der Waals surface area contributed by atoms with Gasteiger partial charge in [-0.05, 0) is 62.8 Å². The Morgan fingerprint density at radius 3 is 2.39 bits per heavy atom. The van der Waals surface area contributed by atoms with E-state index >= 15 is 0 Å². The Balaban J connectivity index is 1.53. The van der Waals surface area contributed by atoms with Gasteiger partial charge in [-0.2, -0.15) is 0 Å². The van der Waals surface area contributed by atoms with Crippen molar-refractivity contribution in [3.63, 3.8) is 0 Å². The van der Waals surface area contributed by atoms with Crippen LogP contribution in [-0.4, -0.2) is 54.3 Å². The predicted octanol–water partition coefficient (Wildman–Crippen LogP) is 4.63. The van der Waals surface area contributed by atoms with Gasteiger partial charge < -0.3 is 24.2 Å². The lowest BCUT2D eigenvalue weighted by atomic mass is 9.72. The first-order chi connectivity index (χ1) is 17.2. The van der Waals surface area contributed by atoms with E-state index in [9.17, 15) is 14.7 Å². The zero-order chi connectivity index (χ0) is 25.9. The lowest BCUT2D eigenvalue weighted by Gasteiger charge is -2.34. The average molecular weight is 496 g/mol. The zero-order valence-corrected chi connectivity index (χ0v) is 21.6. The van der Waals surface area contributed by atoms with Crippen molar-refractivity contribution in [2.75, 3.05) is 20.2 Å². The van der Waals surface area contributed by atoms with Crippen LogP contribution in [0.4, 0.5) is 0 Å². The molecule has 1 saturated heterocycles. The summed E-state index contributed by atoms with van der Waals surface area (Å²) in [6.07, 6.45) is 3.28. The first-order valence-electron chi connectivity index (χ1n) is 12.8. The summed E-state index contributed by atoms with van der Waals surface area (Å²) in [6, 6.07) is 15.1. The number of carbonyl (C=O) groups is 2. The SMILES string of the molecule is COc1ccc(C2CN(C(=O)C(=O)OC(C)c3ccccc3)CC2(C)C(C)O)cc1OC1CCCC1. The molecule has 1 N–H and O–H groups in total. The molecule has 1 aliphatic carbocycles. The number of likely N-dealkylation sites (tertiary alicyclic amines) is 1. The molecule has 2 fully saturated rings. The van der Waals surface area contributed by atoms with E-state index in [0.717, 1.165) is 36.8 Å². The molecule has 7 heteroatoms. The zero-order valence-electron chi connectivity index (χ0n) is 21.6. The van der Waals surface area contributed by atoms with Crippen molar-refractivity contribution in [3.8, 4) is 11.5 Å². The van der Waals surface area contributed by atoms with E-state index in [-0.39, 0.29) is 18.6 Å². The van der Waals surface area contributed by atoms with E-state index in [2.05, 4.69) is 0 Å². The molecule has 1 aliphatic heterocycles. The van der Waals surface area contributed by atoms with Crippen LogP contribution < -0.4 is 9.47 Å². The molecule has 0 bridgehead atoms. The molecule has 0 spiro atoms. The highest BCUT2D eigenvalue weighted by atomic mass is 16.5. The molecule has 4 rings (SSSR count). The van der Waals surface area contributed by atoms with Crippen molar-refractivity contribution < 1.29 is 28.9 Å². The number of amides is 1. The molecule has 0 aromatic heterocycles. The maximum atomic E-state index is 13.1. The Morgan fingerprint density at radius 2 is 1.75 bits per heavy atom. The Morgan fingerprint density at radius 1 is 1.06 bits per heavy atom. The number of carbonyl (C=O) groups excluding carboxylic acids is 2. The number of hydrogen-bond donors (Lipinski definition) is 1. The fourth-order valence-electron chi connectivity index (χ4n) is 5.40. The standard InChI is InChI=1S/C29H37NO6/c1-19(21-10-6-5-7-11-21)35-28(33)27(32)30-17-24(29(3,18-30)20(2)31)22-14-15-25(34-4)26(16-22)36-23-12-8-9-13-23/h5-7,10-11,14-16,19-20,23-24,31H,8-9,12-13,17-18H2,1-4H3. The molecule has 2 aromatic rings. The van der Waals surface area contributed by atoms with Crippen molar-refractivity contribution in [3.05, 3.63) is 59.7 Å². The minimum atomic E-state index is -0.889. The van der Waals surface area contributed by atoms with Gasteiger partial charge in [-0.25, -0.2) is 4.79 Å². The Bertz CT molecular complexity index is 1060. The van der Waals surface area contributed by atoms with Crippen LogP contribution in [0.15, 0.2) is 48.5 Å². The topological polar surface area (TPSA) is 85.3 Å². The van der Waals surface area contributed by atoms with Gasteiger partial charge in [-0.1, -0.05) is 43.3 Å². The fraction of sp³-hybridized carbons (Fsp3) is 0.517. The van der Waals surface area contributed by atoms with Crippen LogP contribution in [0.3, 0.4) is 0 Å². The summed E-state index contributed by atoms with van der Waals surface area (Å²) in [6.45, 7) is 5.97. The largest absolute Gasteiger partial charge is 0.493 e. The molecule has 2 aromatic carbocycles. The van der Waals surface area contributed by atoms with Gasteiger partial charge in [-0.15, -0.1) is 0 Å². The van der Waals surface area contributed by atoms with Gasteiger partial charge in [-0.3, -0.25) is 4.79 Å². The van der Waals surface area contributed by atoms with Gasteiger partial charge >= 0.3 is 11.9 Å². The van der Waals surface area contributed by atoms with Gasteiger partial charge in [0.05, 0.1) is 19.3 Å². The minimum Gasteiger partial charge on any atom is -0.493 e. The van der Waals surface area contributed by atoms with E-state index in [0.29, 0.717) is 18.0 Å². The monoisotopic (exact) mass is 495 g/mol. The fourth-order valence-corrected chi connectivity index (χ4v) is 5.40. The maximum absolute atomic E-state index is 13.1. The van der Waals surface area contributed by atoms with Crippen molar-refractivity contribution in [1.82, 2.24) is 4.90 Å². The number of benzene rings is 2. The van der Waals surface area contributed by atoms with E-state index in [1.165, 1.54) is 4.90 Å². The Kier molecular flexibility index (Phi) is 7.88. The van der Waals surface area contributed by atoms with Gasteiger partial charge in [0.15, 0.2) is 11.5 Å². The number of rotatable bonds is 7. The molecule has 4 atom stereocenters. The molecule has 1 heterocycles. The maximum Gasteiger partial charge on any atom is 0.397 e. The van der Waals surface area contributed by atoms with Crippen LogP contribution in [-0.2, 0) is 14.3 Å². The van der Waals surface area contributed by atoms with Crippen LogP contribution in [0.1, 0.15) is 69.6 Å². The normalized spacial score (nSPS) is 23.8. The number of nitrogens with zero attached hydrogens (tertiary/aromatic N) is 1. The Labute approximate surface area is 213 Å². The van der Waals surface area contributed by atoms with Gasteiger partial charge in [0.25, 0.3) is 0 Å². The lowest BCUT2D eigenvalue weighted by molar-refractivity contribution is -0.163. The molecular formula is C29H37NO6. The first-order valence-corrected chi connectivity index (χ1v) is 12.8. The third-order valence-corrected chi connectivity index (χ3v) is 7.89. The summed E-state index contributed by atoms with van der Waals surface area (Å²) in [5, 5.41) is 10.8. The summed E-state index contributed by atoms with van der Waals surface area (Å²) in [5.41, 5.74) is 1.11. The second-order valence-corrected chi connectivity index (χ2v) is 10.3. The van der Waals surface area contributed by atoms with Crippen LogP contribution in [0.25, 0.3) is 0 Å². The van der Waals surface area contributed by atoms with Gasteiger partial charge in [0.1, 0.15) is 6.10 Å². The van der Waals surface area contributed by atoms with Gasteiger partial charge in [0, 0.05) is 24.4 Å². The Hall–Kier alpha value is -3.06. The van der Waals surface area contributed by atoms with Crippen LogP contribution in [0.5, 0.6) is 11.5 Å². The van der Waals surface area contributed by atoms with Crippen LogP contribution in [0.2, 0.25) is 0 Å². The van der Waals surface area contributed by atoms with Crippen LogP contribution >= 0.6 is 0 Å². The summed E-state index contributed by atoms with van der Waals surface area (Å²) in [4.78, 5) is 27.4. The van der Waals surface area contributed by atoms with Crippen molar-refractivity contribution in [2.45, 2.75) is 70.7 Å². The molecular weight excluding hydrogens is 458 g/mol. The van der Waals surface area contributed by atoms with Crippen LogP contribution in [0, 0.1) is 5.41 Å². The molecule has 0 radical (unpaired) electrons. The number of aliphatic hydroxyl groups is 1. The molecule has 1 saturated carbocycles. The molecule has 36 heavy (non-hydrogen) atoms. The summed E-state index contributed by atoms with van der Waals surface area (Å²) in [7, 11) is 1.62. The highest BCUT2D eigenvalue weighted by Crippen LogP contribution is 2.47. The molecule has 194 valence electrons. The van der Waals surface area contributed by atoms with E-state index in [1.807, 2.05) is 55.5 Å². The minimum absolute atomic E-state index is 0.167. The molecule has 4 unspecified atom stereocenters. The lowest BCUT2D eigenvalue weighted by Crippen LogP contribution is -2.40. The number of hydrogen-bond acceptors (Lipinski definition) is 6. The summed E-state index contributed by atoms with van der Waals surface area (Å²) < 4.78 is 17.3. The quantitative estimate of drug-likeness (QED) is 0.445. The van der Waals surface area contributed by atoms with E-state index in [4.69, 9.17) is 14.2 Å². The third-order valence-electron chi connectivity index (χ3n) is 7.89. The van der Waals surface area contributed by atoms with Crippen molar-refractivity contribution in [2.24, 2.45) is 5.41 Å². The third kappa shape index (κ3) is 5.36. The van der Waals surface area contributed by atoms with Gasteiger partial charge in [0.2, 0.25) is 0 Å². The second kappa shape index (κ2) is 10.9. The summed E-state index contributed by atoms with van der Waals surface area (Å²) in [5.74, 6) is -0.440. The van der Waals surface area contributed by atoms with E-state index in [1.54, 1.807) is 21.0 Å². The van der Waals surface area contributed by atoms with Crippen molar-refractivity contribution in [1.29, 1.82) is 0 Å². The smallest absolute Gasteiger partial charge is 0.397 e. The second-order valence-electron chi connectivity index (χ2n) is 10.3. The first kappa shape index (κ1) is 26.0. The molecule has 7 nitrogen and oxygen atoms in total. The highest BCUT2D eigenvalue weighted by molar-refractivity contribution is 6.32. The average Bonchev–Trinajstić information content (AvgIpc) is 3.52. The van der Waals surface area contributed by atoms with Crippen molar-refractivity contribution >= 4 is 11.9 Å². The number of ether oxygens (including phenoxy) is 3. The number of esters is 1.